The van der Waals surface area contributed by atoms with Gasteiger partial charge in [0.2, 0.25) is 0 Å². The molecule has 0 aliphatic carbocycles. The number of likely N-dealkylation sites (tertiary alicyclic amines) is 1. The summed E-state index contributed by atoms with van der Waals surface area (Å²) < 4.78 is 26.5. The third kappa shape index (κ3) is 3.18. The molecule has 20 heavy (non-hydrogen) atoms. The van der Waals surface area contributed by atoms with Crippen molar-refractivity contribution in [2.75, 3.05) is 26.2 Å². The SMILES string of the molecule is Fc1cc(F)cc(CN2CCCC3(CCCNC3)C2)c1. The summed E-state index contributed by atoms with van der Waals surface area (Å²) in [6, 6.07) is 3.83. The Labute approximate surface area is 119 Å². The highest BCUT2D eigenvalue weighted by Gasteiger charge is 2.36. The number of piperidine rings is 2. The molecule has 2 aliphatic heterocycles. The lowest BCUT2D eigenvalue weighted by Crippen LogP contribution is -2.50. The summed E-state index contributed by atoms with van der Waals surface area (Å²) in [5, 5.41) is 3.50. The van der Waals surface area contributed by atoms with Crippen LogP contribution in [0.15, 0.2) is 18.2 Å². The van der Waals surface area contributed by atoms with Crippen LogP contribution in [0.5, 0.6) is 0 Å². The highest BCUT2D eigenvalue weighted by Crippen LogP contribution is 2.36. The van der Waals surface area contributed by atoms with Gasteiger partial charge in [0.1, 0.15) is 11.6 Å². The van der Waals surface area contributed by atoms with Crippen molar-refractivity contribution in [2.24, 2.45) is 5.41 Å². The Morgan fingerprint density at radius 1 is 1.10 bits per heavy atom. The molecule has 1 spiro atoms. The minimum absolute atomic E-state index is 0.377. The van der Waals surface area contributed by atoms with Gasteiger partial charge in [0.25, 0.3) is 0 Å². The number of nitrogens with one attached hydrogen (secondary N) is 1. The van der Waals surface area contributed by atoms with Gasteiger partial charge in [-0.2, -0.15) is 0 Å². The van der Waals surface area contributed by atoms with Gasteiger partial charge in [-0.3, -0.25) is 4.90 Å². The molecule has 2 aliphatic rings. The molecule has 2 heterocycles. The van der Waals surface area contributed by atoms with E-state index in [1.807, 2.05) is 0 Å². The van der Waals surface area contributed by atoms with Crippen LogP contribution >= 0.6 is 0 Å². The first-order valence-corrected chi connectivity index (χ1v) is 7.53. The molecule has 2 fully saturated rings. The first-order chi connectivity index (χ1) is 9.65. The number of halogens is 2. The van der Waals surface area contributed by atoms with Crippen molar-refractivity contribution in [1.82, 2.24) is 10.2 Å². The number of hydrogen-bond acceptors (Lipinski definition) is 2. The third-order valence-electron chi connectivity index (χ3n) is 4.63. The summed E-state index contributed by atoms with van der Waals surface area (Å²) in [5.74, 6) is -0.961. The molecule has 0 amide bonds. The van der Waals surface area contributed by atoms with Gasteiger partial charge >= 0.3 is 0 Å². The minimum Gasteiger partial charge on any atom is -0.316 e. The third-order valence-corrected chi connectivity index (χ3v) is 4.63. The molecule has 0 bridgehead atoms. The maximum absolute atomic E-state index is 13.3. The van der Waals surface area contributed by atoms with Crippen LogP contribution in [0.3, 0.4) is 0 Å². The first kappa shape index (κ1) is 14.0. The standard InChI is InChI=1S/C16H22F2N2/c17-14-7-13(8-15(18)9-14)10-20-6-2-4-16(12-20)3-1-5-19-11-16/h7-9,19H,1-6,10-12H2. The Kier molecular flexibility index (Phi) is 4.03. The van der Waals surface area contributed by atoms with Crippen LogP contribution in [0, 0.1) is 17.0 Å². The van der Waals surface area contributed by atoms with Crippen molar-refractivity contribution in [1.29, 1.82) is 0 Å². The fourth-order valence-corrected chi connectivity index (χ4v) is 3.78. The van der Waals surface area contributed by atoms with Crippen LogP contribution in [0.2, 0.25) is 0 Å². The minimum atomic E-state index is -0.481. The first-order valence-electron chi connectivity index (χ1n) is 7.53. The molecule has 0 radical (unpaired) electrons. The molecule has 2 nitrogen and oxygen atoms in total. The summed E-state index contributed by atoms with van der Waals surface area (Å²) in [6.07, 6.45) is 4.96. The van der Waals surface area contributed by atoms with Crippen LogP contribution in [0.1, 0.15) is 31.2 Å². The molecule has 0 aromatic heterocycles. The number of benzene rings is 1. The van der Waals surface area contributed by atoms with E-state index in [4.69, 9.17) is 0 Å². The molecule has 4 heteroatoms. The van der Waals surface area contributed by atoms with Gasteiger partial charge in [-0.05, 0) is 61.9 Å². The van der Waals surface area contributed by atoms with E-state index in [1.165, 1.54) is 37.8 Å². The summed E-state index contributed by atoms with van der Waals surface area (Å²) in [5.41, 5.74) is 1.12. The monoisotopic (exact) mass is 280 g/mol. The van der Waals surface area contributed by atoms with Gasteiger partial charge < -0.3 is 5.32 Å². The second-order valence-corrected chi connectivity index (χ2v) is 6.37. The van der Waals surface area contributed by atoms with E-state index in [-0.39, 0.29) is 0 Å². The number of rotatable bonds is 2. The highest BCUT2D eigenvalue weighted by atomic mass is 19.1. The summed E-state index contributed by atoms with van der Waals surface area (Å²) in [6.45, 7) is 4.92. The predicted octanol–water partition coefficient (Wildman–Crippen LogP) is 2.93. The largest absolute Gasteiger partial charge is 0.316 e. The Hall–Kier alpha value is -1.00. The van der Waals surface area contributed by atoms with E-state index < -0.39 is 11.6 Å². The van der Waals surface area contributed by atoms with Gasteiger partial charge in [-0.15, -0.1) is 0 Å². The van der Waals surface area contributed by atoms with Crippen molar-refractivity contribution >= 4 is 0 Å². The lowest BCUT2D eigenvalue weighted by atomic mass is 9.74. The molecule has 1 aromatic rings. The summed E-state index contributed by atoms with van der Waals surface area (Å²) in [4.78, 5) is 2.35. The fourth-order valence-electron chi connectivity index (χ4n) is 3.78. The van der Waals surface area contributed by atoms with Crippen LogP contribution < -0.4 is 5.32 Å². The molecule has 1 aromatic carbocycles. The summed E-state index contributed by atoms with van der Waals surface area (Å²) >= 11 is 0. The highest BCUT2D eigenvalue weighted by molar-refractivity contribution is 5.18. The molecule has 1 unspecified atom stereocenters. The van der Waals surface area contributed by atoms with Crippen molar-refractivity contribution in [2.45, 2.75) is 32.2 Å². The van der Waals surface area contributed by atoms with Crippen molar-refractivity contribution in [3.63, 3.8) is 0 Å². The summed E-state index contributed by atoms with van der Waals surface area (Å²) in [7, 11) is 0. The Bertz CT molecular complexity index is 444. The van der Waals surface area contributed by atoms with Gasteiger partial charge in [0.15, 0.2) is 0 Å². The topological polar surface area (TPSA) is 15.3 Å². The maximum atomic E-state index is 13.3. The predicted molar refractivity (Wildman–Crippen MR) is 75.4 cm³/mol. The molecule has 110 valence electrons. The van der Waals surface area contributed by atoms with Gasteiger partial charge in [-0.1, -0.05) is 0 Å². The van der Waals surface area contributed by atoms with E-state index in [2.05, 4.69) is 10.2 Å². The molecular formula is C16H22F2N2. The fraction of sp³-hybridized carbons (Fsp3) is 0.625. The second kappa shape index (κ2) is 5.78. The zero-order valence-corrected chi connectivity index (χ0v) is 11.8. The quantitative estimate of drug-likeness (QED) is 0.896. The zero-order chi connectivity index (χ0) is 14.0. The Balaban J connectivity index is 1.67. The smallest absolute Gasteiger partial charge is 0.126 e. The van der Waals surface area contributed by atoms with E-state index >= 15 is 0 Å². The molecule has 0 saturated carbocycles. The van der Waals surface area contributed by atoms with Gasteiger partial charge in [-0.25, -0.2) is 8.78 Å². The zero-order valence-electron chi connectivity index (χ0n) is 11.8. The Morgan fingerprint density at radius 3 is 2.55 bits per heavy atom. The van der Waals surface area contributed by atoms with Crippen molar-refractivity contribution in [3.05, 3.63) is 35.4 Å². The second-order valence-electron chi connectivity index (χ2n) is 6.37. The van der Waals surface area contributed by atoms with E-state index in [1.54, 1.807) is 0 Å². The average Bonchev–Trinajstić information content (AvgIpc) is 2.38. The molecule has 1 N–H and O–H groups in total. The van der Waals surface area contributed by atoms with E-state index in [9.17, 15) is 8.78 Å². The average molecular weight is 280 g/mol. The van der Waals surface area contributed by atoms with E-state index in [0.717, 1.165) is 37.8 Å². The van der Waals surface area contributed by atoms with Crippen LogP contribution in [-0.2, 0) is 6.54 Å². The lowest BCUT2D eigenvalue weighted by molar-refractivity contribution is 0.0600. The van der Waals surface area contributed by atoms with Crippen LogP contribution in [0.25, 0.3) is 0 Å². The van der Waals surface area contributed by atoms with Gasteiger partial charge in [0, 0.05) is 25.7 Å². The van der Waals surface area contributed by atoms with Crippen LogP contribution in [-0.4, -0.2) is 31.1 Å². The van der Waals surface area contributed by atoms with Crippen LogP contribution in [0.4, 0.5) is 8.78 Å². The molecule has 1 atom stereocenters. The molecular weight excluding hydrogens is 258 g/mol. The van der Waals surface area contributed by atoms with Crippen molar-refractivity contribution < 1.29 is 8.78 Å². The number of hydrogen-bond donors (Lipinski definition) is 1. The van der Waals surface area contributed by atoms with E-state index in [0.29, 0.717) is 12.0 Å². The van der Waals surface area contributed by atoms with Gasteiger partial charge in [0.05, 0.1) is 0 Å². The lowest BCUT2D eigenvalue weighted by Gasteiger charge is -2.45. The normalized spacial score (nSPS) is 27.9. The maximum Gasteiger partial charge on any atom is 0.126 e. The van der Waals surface area contributed by atoms with Crippen molar-refractivity contribution in [3.8, 4) is 0 Å². The molecule has 3 rings (SSSR count). The molecule has 2 saturated heterocycles. The number of nitrogens with zero attached hydrogens (tertiary/aromatic N) is 1. The Morgan fingerprint density at radius 2 is 1.85 bits per heavy atom.